The van der Waals surface area contributed by atoms with E-state index in [1.807, 2.05) is 30.3 Å². The summed E-state index contributed by atoms with van der Waals surface area (Å²) < 4.78 is 5.30. The molecule has 0 aliphatic rings. The van der Waals surface area contributed by atoms with Crippen LogP contribution < -0.4 is 0 Å². The van der Waals surface area contributed by atoms with E-state index in [1.54, 1.807) is 18.9 Å². The maximum atomic E-state index is 13.0. The molecule has 5 heteroatoms. The second kappa shape index (κ2) is 7.34. The maximum Gasteiger partial charge on any atom is 0.311 e. The predicted octanol–water partition coefficient (Wildman–Crippen LogP) is 3.68. The fraction of sp³-hybridized carbons (Fsp3) is 0.368. The highest BCUT2D eigenvalue weighted by molar-refractivity contribution is 5.97. The van der Waals surface area contributed by atoms with E-state index in [1.165, 1.54) is 6.26 Å². The van der Waals surface area contributed by atoms with Crippen molar-refractivity contribution in [3.05, 3.63) is 59.0 Å². The minimum Gasteiger partial charge on any atom is -0.481 e. The fourth-order valence-corrected chi connectivity index (χ4v) is 3.06. The molecule has 128 valence electrons. The van der Waals surface area contributed by atoms with Crippen molar-refractivity contribution >= 4 is 11.9 Å². The van der Waals surface area contributed by atoms with Crippen molar-refractivity contribution in [3.63, 3.8) is 0 Å². The third kappa shape index (κ3) is 3.67. The molecule has 2 rings (SSSR count). The number of amides is 1. The standard InChI is InChI=1S/C19H23NO4/c1-12(2)18(14-8-6-5-7-9-14)20(4)19(23)17-13(3)11-24-15(17)10-16(21)22/h5-9,11-12,18H,10H2,1-4H3,(H,21,22). The number of carbonyl (C=O) groups is 2. The molecule has 1 unspecified atom stereocenters. The molecule has 0 aliphatic carbocycles. The highest BCUT2D eigenvalue weighted by Gasteiger charge is 2.29. The van der Waals surface area contributed by atoms with Gasteiger partial charge in [-0.25, -0.2) is 0 Å². The average molecular weight is 329 g/mol. The molecule has 0 saturated heterocycles. The Balaban J connectivity index is 2.37. The summed E-state index contributed by atoms with van der Waals surface area (Å²) in [7, 11) is 1.75. The zero-order valence-corrected chi connectivity index (χ0v) is 14.4. The van der Waals surface area contributed by atoms with Gasteiger partial charge in [0, 0.05) is 12.6 Å². The topological polar surface area (TPSA) is 70.7 Å². The van der Waals surface area contributed by atoms with E-state index >= 15 is 0 Å². The molecule has 0 saturated carbocycles. The van der Waals surface area contributed by atoms with Gasteiger partial charge in [0.15, 0.2) is 0 Å². The number of nitrogens with zero attached hydrogens (tertiary/aromatic N) is 1. The zero-order chi connectivity index (χ0) is 17.9. The normalized spacial score (nSPS) is 12.2. The van der Waals surface area contributed by atoms with Crippen LogP contribution in [0.15, 0.2) is 41.0 Å². The highest BCUT2D eigenvalue weighted by atomic mass is 16.4. The van der Waals surface area contributed by atoms with Crippen LogP contribution in [0.1, 0.15) is 47.1 Å². The number of benzene rings is 1. The Kier molecular flexibility index (Phi) is 5.44. The first-order valence-corrected chi connectivity index (χ1v) is 7.93. The second-order valence-electron chi connectivity index (χ2n) is 6.30. The van der Waals surface area contributed by atoms with Gasteiger partial charge in [0.2, 0.25) is 0 Å². The van der Waals surface area contributed by atoms with Gasteiger partial charge in [-0.3, -0.25) is 9.59 Å². The SMILES string of the molecule is Cc1coc(CC(=O)O)c1C(=O)N(C)C(c1ccccc1)C(C)C. The number of furan rings is 1. The second-order valence-corrected chi connectivity index (χ2v) is 6.30. The summed E-state index contributed by atoms with van der Waals surface area (Å²) in [6, 6.07) is 9.72. The number of hydrogen-bond acceptors (Lipinski definition) is 3. The molecule has 24 heavy (non-hydrogen) atoms. The molecule has 5 nitrogen and oxygen atoms in total. The molecule has 1 atom stereocenters. The molecule has 0 fully saturated rings. The predicted molar refractivity (Wildman–Crippen MR) is 90.9 cm³/mol. The number of carbonyl (C=O) groups excluding carboxylic acids is 1. The number of aryl methyl sites for hydroxylation is 1. The maximum absolute atomic E-state index is 13.0. The van der Waals surface area contributed by atoms with E-state index in [0.29, 0.717) is 11.1 Å². The molecular weight excluding hydrogens is 306 g/mol. The van der Waals surface area contributed by atoms with Gasteiger partial charge in [-0.1, -0.05) is 44.2 Å². The van der Waals surface area contributed by atoms with Crippen LogP contribution >= 0.6 is 0 Å². The van der Waals surface area contributed by atoms with Crippen LogP contribution in [-0.2, 0) is 11.2 Å². The Labute approximate surface area is 141 Å². The first-order valence-electron chi connectivity index (χ1n) is 7.93. The molecule has 0 aliphatic heterocycles. The lowest BCUT2D eigenvalue weighted by atomic mass is 9.94. The lowest BCUT2D eigenvalue weighted by Crippen LogP contribution is -2.34. The van der Waals surface area contributed by atoms with E-state index in [2.05, 4.69) is 13.8 Å². The third-order valence-electron chi connectivity index (χ3n) is 4.09. The van der Waals surface area contributed by atoms with Gasteiger partial charge >= 0.3 is 5.97 Å². The molecule has 1 heterocycles. The van der Waals surface area contributed by atoms with Gasteiger partial charge < -0.3 is 14.4 Å². The Morgan fingerprint density at radius 1 is 1.21 bits per heavy atom. The summed E-state index contributed by atoms with van der Waals surface area (Å²) >= 11 is 0. The summed E-state index contributed by atoms with van der Waals surface area (Å²) in [5.41, 5.74) is 2.05. The summed E-state index contributed by atoms with van der Waals surface area (Å²) in [6.45, 7) is 5.87. The largest absolute Gasteiger partial charge is 0.481 e. The van der Waals surface area contributed by atoms with E-state index in [-0.39, 0.29) is 30.0 Å². The molecule has 0 bridgehead atoms. The molecule has 0 spiro atoms. The van der Waals surface area contributed by atoms with Crippen LogP contribution in [0.3, 0.4) is 0 Å². The number of rotatable bonds is 6. The smallest absolute Gasteiger partial charge is 0.311 e. The van der Waals surface area contributed by atoms with Crippen LogP contribution in [-0.4, -0.2) is 28.9 Å². The Bertz CT molecular complexity index is 718. The first kappa shape index (κ1) is 17.8. The average Bonchev–Trinajstić information content (AvgIpc) is 2.87. The van der Waals surface area contributed by atoms with Crippen LogP contribution in [0.25, 0.3) is 0 Å². The fourth-order valence-electron chi connectivity index (χ4n) is 3.06. The number of hydrogen-bond donors (Lipinski definition) is 1. The molecule has 1 aromatic heterocycles. The number of carboxylic acid groups (broad SMARTS) is 1. The van der Waals surface area contributed by atoms with Crippen molar-refractivity contribution in [3.8, 4) is 0 Å². The van der Waals surface area contributed by atoms with Gasteiger partial charge in [-0.15, -0.1) is 0 Å². The van der Waals surface area contributed by atoms with Crippen LogP contribution in [0.5, 0.6) is 0 Å². The van der Waals surface area contributed by atoms with Gasteiger partial charge in [0.05, 0.1) is 17.9 Å². The quantitative estimate of drug-likeness (QED) is 0.877. The summed E-state index contributed by atoms with van der Waals surface area (Å²) in [4.78, 5) is 25.7. The molecular formula is C19H23NO4. The lowest BCUT2D eigenvalue weighted by molar-refractivity contribution is -0.136. The molecule has 1 aromatic carbocycles. The lowest BCUT2D eigenvalue weighted by Gasteiger charge is -2.32. The minimum absolute atomic E-state index is 0.106. The van der Waals surface area contributed by atoms with Crippen molar-refractivity contribution in [1.29, 1.82) is 0 Å². The summed E-state index contributed by atoms with van der Waals surface area (Å²) in [5, 5.41) is 9.01. The van der Waals surface area contributed by atoms with Gasteiger partial charge in [0.1, 0.15) is 12.2 Å². The zero-order valence-electron chi connectivity index (χ0n) is 14.4. The molecule has 2 aromatic rings. The van der Waals surface area contributed by atoms with Crippen molar-refractivity contribution in [2.24, 2.45) is 5.92 Å². The molecule has 1 N–H and O–H groups in total. The van der Waals surface area contributed by atoms with E-state index in [4.69, 9.17) is 9.52 Å². The monoisotopic (exact) mass is 329 g/mol. The molecule has 1 amide bonds. The van der Waals surface area contributed by atoms with Crippen molar-refractivity contribution < 1.29 is 19.1 Å². The van der Waals surface area contributed by atoms with Crippen LogP contribution in [0.2, 0.25) is 0 Å². The van der Waals surface area contributed by atoms with Crippen molar-refractivity contribution in [2.45, 2.75) is 33.2 Å². The number of carboxylic acids is 1. The van der Waals surface area contributed by atoms with Gasteiger partial charge in [0.25, 0.3) is 5.91 Å². The first-order chi connectivity index (χ1) is 11.3. The Morgan fingerprint density at radius 3 is 2.38 bits per heavy atom. The minimum atomic E-state index is -1.02. The highest BCUT2D eigenvalue weighted by Crippen LogP contribution is 2.30. The summed E-state index contributed by atoms with van der Waals surface area (Å²) in [5.74, 6) is -0.839. The van der Waals surface area contributed by atoms with Crippen LogP contribution in [0.4, 0.5) is 0 Å². The van der Waals surface area contributed by atoms with Gasteiger partial charge in [-0.05, 0) is 18.4 Å². The Hall–Kier alpha value is -2.56. The Morgan fingerprint density at radius 2 is 1.83 bits per heavy atom. The van der Waals surface area contributed by atoms with Crippen LogP contribution in [0, 0.1) is 12.8 Å². The van der Waals surface area contributed by atoms with E-state index < -0.39 is 5.97 Å². The number of aliphatic carboxylic acids is 1. The van der Waals surface area contributed by atoms with Gasteiger partial charge in [-0.2, -0.15) is 0 Å². The molecule has 0 radical (unpaired) electrons. The van der Waals surface area contributed by atoms with E-state index in [0.717, 1.165) is 5.56 Å². The van der Waals surface area contributed by atoms with E-state index in [9.17, 15) is 9.59 Å². The van der Waals surface area contributed by atoms with Crippen molar-refractivity contribution in [1.82, 2.24) is 4.90 Å². The third-order valence-corrected chi connectivity index (χ3v) is 4.09. The van der Waals surface area contributed by atoms with Crippen molar-refractivity contribution in [2.75, 3.05) is 7.05 Å². The summed E-state index contributed by atoms with van der Waals surface area (Å²) in [6.07, 6.45) is 1.13.